The average molecular weight is 257 g/mol. The maximum absolute atomic E-state index is 11.6. The zero-order valence-electron chi connectivity index (χ0n) is 9.01. The Balaban J connectivity index is 2.52. The lowest BCUT2D eigenvalue weighted by Crippen LogP contribution is -2.02. The first kappa shape index (κ1) is 13.3. The molecule has 0 spiro atoms. The highest BCUT2D eigenvalue weighted by Gasteiger charge is 2.07. The highest BCUT2D eigenvalue weighted by molar-refractivity contribution is 6.35. The lowest BCUT2D eigenvalue weighted by atomic mass is 10.0. The van der Waals surface area contributed by atoms with Gasteiger partial charge in [0.1, 0.15) is 5.78 Å². The van der Waals surface area contributed by atoms with Crippen molar-refractivity contribution < 1.29 is 4.79 Å². The Morgan fingerprint density at radius 3 is 2.75 bits per heavy atom. The fraction of sp³-hybridized carbons (Fsp3) is 0.308. The minimum Gasteiger partial charge on any atom is -0.299 e. The summed E-state index contributed by atoms with van der Waals surface area (Å²) in [5.74, 6) is 0.200. The van der Waals surface area contributed by atoms with Crippen molar-refractivity contribution in [1.29, 1.82) is 0 Å². The molecule has 1 aromatic carbocycles. The van der Waals surface area contributed by atoms with E-state index in [2.05, 4.69) is 6.58 Å². The van der Waals surface area contributed by atoms with Crippen molar-refractivity contribution in [2.24, 2.45) is 0 Å². The van der Waals surface area contributed by atoms with Gasteiger partial charge in [0.25, 0.3) is 0 Å². The highest BCUT2D eigenvalue weighted by Crippen LogP contribution is 2.21. The molecular formula is C13H14Cl2O. The standard InChI is InChI=1S/C13H14Cl2O/c1-2-3-4-5-12(16)8-10-6-7-11(14)9-13(10)15/h2,6-7,9H,1,3-5,8H2. The van der Waals surface area contributed by atoms with Crippen molar-refractivity contribution in [2.45, 2.75) is 25.7 Å². The van der Waals surface area contributed by atoms with Gasteiger partial charge in [0, 0.05) is 22.9 Å². The van der Waals surface area contributed by atoms with Gasteiger partial charge in [-0.3, -0.25) is 4.79 Å². The van der Waals surface area contributed by atoms with Crippen LogP contribution in [0.1, 0.15) is 24.8 Å². The number of Topliss-reactive ketones (excluding diaryl/α,β-unsaturated/α-hetero) is 1. The molecule has 0 bridgehead atoms. The molecule has 0 N–H and O–H groups in total. The van der Waals surface area contributed by atoms with E-state index in [1.54, 1.807) is 18.2 Å². The van der Waals surface area contributed by atoms with Crippen molar-refractivity contribution in [2.75, 3.05) is 0 Å². The van der Waals surface area contributed by atoms with Crippen LogP contribution < -0.4 is 0 Å². The summed E-state index contributed by atoms with van der Waals surface area (Å²) in [5, 5.41) is 1.15. The molecular weight excluding hydrogens is 243 g/mol. The van der Waals surface area contributed by atoms with E-state index in [1.807, 2.05) is 6.08 Å². The van der Waals surface area contributed by atoms with E-state index in [0.29, 0.717) is 22.9 Å². The Kier molecular flexibility index (Phi) is 5.58. The van der Waals surface area contributed by atoms with Crippen LogP contribution >= 0.6 is 23.2 Å². The summed E-state index contributed by atoms with van der Waals surface area (Å²) < 4.78 is 0. The SMILES string of the molecule is C=CCCCC(=O)Cc1ccc(Cl)cc1Cl. The number of carbonyl (C=O) groups excluding carboxylic acids is 1. The molecule has 16 heavy (non-hydrogen) atoms. The molecule has 0 aliphatic heterocycles. The molecule has 1 nitrogen and oxygen atoms in total. The van der Waals surface area contributed by atoms with Crippen molar-refractivity contribution in [1.82, 2.24) is 0 Å². The fourth-order valence-corrected chi connectivity index (χ4v) is 1.88. The summed E-state index contributed by atoms with van der Waals surface area (Å²) in [6, 6.07) is 5.21. The van der Waals surface area contributed by atoms with Gasteiger partial charge in [-0.05, 0) is 30.5 Å². The number of hydrogen-bond donors (Lipinski definition) is 0. The second-order valence-corrected chi connectivity index (χ2v) is 4.48. The molecule has 0 radical (unpaired) electrons. The normalized spacial score (nSPS) is 10.1. The van der Waals surface area contributed by atoms with Gasteiger partial charge in [-0.1, -0.05) is 35.3 Å². The van der Waals surface area contributed by atoms with Crippen LogP contribution in [0, 0.1) is 0 Å². The summed E-state index contributed by atoms with van der Waals surface area (Å²) in [6.45, 7) is 3.62. The molecule has 0 aliphatic carbocycles. The molecule has 0 unspecified atom stereocenters. The van der Waals surface area contributed by atoms with Crippen LogP contribution in [-0.4, -0.2) is 5.78 Å². The van der Waals surface area contributed by atoms with E-state index in [-0.39, 0.29) is 5.78 Å². The Labute approximate surface area is 106 Å². The number of hydrogen-bond acceptors (Lipinski definition) is 1. The van der Waals surface area contributed by atoms with Crippen molar-refractivity contribution in [3.63, 3.8) is 0 Å². The quantitative estimate of drug-likeness (QED) is 0.543. The number of ketones is 1. The maximum Gasteiger partial charge on any atom is 0.137 e. The first-order chi connectivity index (χ1) is 7.63. The second kappa shape index (κ2) is 6.72. The molecule has 0 saturated carbocycles. The predicted molar refractivity (Wildman–Crippen MR) is 69.2 cm³/mol. The maximum atomic E-state index is 11.6. The summed E-state index contributed by atoms with van der Waals surface area (Å²) in [4.78, 5) is 11.6. The third-order valence-electron chi connectivity index (χ3n) is 2.27. The van der Waals surface area contributed by atoms with E-state index in [1.165, 1.54) is 0 Å². The Morgan fingerprint density at radius 1 is 1.38 bits per heavy atom. The van der Waals surface area contributed by atoms with E-state index in [4.69, 9.17) is 23.2 Å². The Hall–Kier alpha value is -0.790. The monoisotopic (exact) mass is 256 g/mol. The third-order valence-corrected chi connectivity index (χ3v) is 2.85. The van der Waals surface area contributed by atoms with Gasteiger partial charge in [0.05, 0.1) is 0 Å². The molecule has 0 aliphatic rings. The molecule has 86 valence electrons. The molecule has 0 heterocycles. The van der Waals surface area contributed by atoms with Gasteiger partial charge >= 0.3 is 0 Å². The van der Waals surface area contributed by atoms with Crippen LogP contribution in [0.2, 0.25) is 10.0 Å². The van der Waals surface area contributed by atoms with Gasteiger partial charge in [-0.15, -0.1) is 6.58 Å². The lowest BCUT2D eigenvalue weighted by molar-refractivity contribution is -0.118. The average Bonchev–Trinajstić information content (AvgIpc) is 2.23. The second-order valence-electron chi connectivity index (χ2n) is 3.63. The Bertz CT molecular complexity index is 386. The summed E-state index contributed by atoms with van der Waals surface area (Å²) >= 11 is 11.8. The zero-order valence-corrected chi connectivity index (χ0v) is 10.5. The molecule has 0 aromatic heterocycles. The van der Waals surface area contributed by atoms with Gasteiger partial charge < -0.3 is 0 Å². The molecule has 3 heteroatoms. The number of benzene rings is 1. The zero-order chi connectivity index (χ0) is 12.0. The van der Waals surface area contributed by atoms with Crippen molar-refractivity contribution in [3.8, 4) is 0 Å². The van der Waals surface area contributed by atoms with Gasteiger partial charge in [0.15, 0.2) is 0 Å². The fourth-order valence-electron chi connectivity index (χ4n) is 1.41. The van der Waals surface area contributed by atoms with Crippen molar-refractivity contribution >= 4 is 29.0 Å². The van der Waals surface area contributed by atoms with Crippen LogP contribution in [0.5, 0.6) is 0 Å². The predicted octanol–water partition coefficient (Wildman–Crippen LogP) is 4.46. The number of rotatable bonds is 6. The molecule has 0 saturated heterocycles. The summed E-state index contributed by atoms with van der Waals surface area (Å²) in [6.07, 6.45) is 4.51. The van der Waals surface area contributed by atoms with Crippen LogP contribution in [0.15, 0.2) is 30.9 Å². The molecule has 1 aromatic rings. The largest absolute Gasteiger partial charge is 0.299 e. The Morgan fingerprint density at radius 2 is 2.12 bits per heavy atom. The molecule has 0 atom stereocenters. The third kappa shape index (κ3) is 4.38. The first-order valence-corrected chi connectivity index (χ1v) is 5.95. The minimum atomic E-state index is 0.200. The topological polar surface area (TPSA) is 17.1 Å². The number of unbranched alkanes of at least 4 members (excludes halogenated alkanes) is 1. The van der Waals surface area contributed by atoms with E-state index in [9.17, 15) is 4.79 Å². The number of allylic oxidation sites excluding steroid dienone is 1. The molecule has 0 fully saturated rings. The van der Waals surface area contributed by atoms with Crippen LogP contribution in [0.25, 0.3) is 0 Å². The molecule has 0 amide bonds. The van der Waals surface area contributed by atoms with Gasteiger partial charge in [0.2, 0.25) is 0 Å². The van der Waals surface area contributed by atoms with E-state index < -0.39 is 0 Å². The number of carbonyl (C=O) groups is 1. The van der Waals surface area contributed by atoms with E-state index in [0.717, 1.165) is 18.4 Å². The van der Waals surface area contributed by atoms with Crippen LogP contribution in [-0.2, 0) is 11.2 Å². The minimum absolute atomic E-state index is 0.200. The van der Waals surface area contributed by atoms with Gasteiger partial charge in [-0.2, -0.15) is 0 Å². The smallest absolute Gasteiger partial charge is 0.137 e. The van der Waals surface area contributed by atoms with E-state index >= 15 is 0 Å². The highest BCUT2D eigenvalue weighted by atomic mass is 35.5. The molecule has 1 rings (SSSR count). The van der Waals surface area contributed by atoms with Crippen LogP contribution in [0.4, 0.5) is 0 Å². The first-order valence-electron chi connectivity index (χ1n) is 5.20. The van der Waals surface area contributed by atoms with Crippen molar-refractivity contribution in [3.05, 3.63) is 46.5 Å². The summed E-state index contributed by atoms with van der Waals surface area (Å²) in [5.41, 5.74) is 0.842. The summed E-state index contributed by atoms with van der Waals surface area (Å²) in [7, 11) is 0. The number of halogens is 2. The lowest BCUT2D eigenvalue weighted by Gasteiger charge is -2.03. The van der Waals surface area contributed by atoms with Gasteiger partial charge in [-0.25, -0.2) is 0 Å². The van der Waals surface area contributed by atoms with Crippen LogP contribution in [0.3, 0.4) is 0 Å².